The van der Waals surface area contributed by atoms with Crippen molar-refractivity contribution in [3.63, 3.8) is 0 Å². The third-order valence-electron chi connectivity index (χ3n) is 2.68. The van der Waals surface area contributed by atoms with Crippen molar-refractivity contribution >= 4 is 5.97 Å². The summed E-state index contributed by atoms with van der Waals surface area (Å²) in [5.41, 5.74) is 0.245. The molecule has 1 aliphatic rings. The summed E-state index contributed by atoms with van der Waals surface area (Å²) >= 11 is 0. The second-order valence-electron chi connectivity index (χ2n) is 4.24. The highest BCUT2D eigenvalue weighted by molar-refractivity contribution is 5.86. The first kappa shape index (κ1) is 14.6. The van der Waals surface area contributed by atoms with E-state index in [4.69, 9.17) is 0 Å². The zero-order chi connectivity index (χ0) is 13.2. The van der Waals surface area contributed by atoms with E-state index in [2.05, 4.69) is 26.9 Å². The number of piperidine rings is 1. The predicted molar refractivity (Wildman–Crippen MR) is 69.3 cm³/mol. The van der Waals surface area contributed by atoms with Gasteiger partial charge >= 0.3 is 5.97 Å². The zero-order valence-corrected chi connectivity index (χ0v) is 11.1. The number of hydrogen-bond acceptors (Lipinski definition) is 5. The molecule has 5 nitrogen and oxygen atoms in total. The SMILES string of the molecule is CC1CCNCC1.CCOC(=O)c1cnccn1. The molecule has 1 saturated heterocycles. The Labute approximate surface area is 108 Å². The van der Waals surface area contributed by atoms with Gasteiger partial charge in [0.1, 0.15) is 0 Å². The van der Waals surface area contributed by atoms with Gasteiger partial charge in [-0.15, -0.1) is 0 Å². The molecule has 0 spiro atoms. The molecule has 0 saturated carbocycles. The Morgan fingerprint density at radius 1 is 1.44 bits per heavy atom. The van der Waals surface area contributed by atoms with E-state index in [-0.39, 0.29) is 5.69 Å². The van der Waals surface area contributed by atoms with Crippen LogP contribution in [0.5, 0.6) is 0 Å². The predicted octanol–water partition coefficient (Wildman–Crippen LogP) is 1.66. The molecule has 0 unspecified atom stereocenters. The Balaban J connectivity index is 0.000000199. The molecule has 18 heavy (non-hydrogen) atoms. The summed E-state index contributed by atoms with van der Waals surface area (Å²) in [6.07, 6.45) is 7.08. The van der Waals surface area contributed by atoms with Gasteiger partial charge in [0.2, 0.25) is 0 Å². The van der Waals surface area contributed by atoms with E-state index >= 15 is 0 Å². The number of hydrogen-bond donors (Lipinski definition) is 1. The van der Waals surface area contributed by atoms with Gasteiger partial charge in [0.15, 0.2) is 5.69 Å². The van der Waals surface area contributed by atoms with Crippen LogP contribution in [0.15, 0.2) is 18.6 Å². The van der Waals surface area contributed by atoms with Crippen molar-refractivity contribution in [1.29, 1.82) is 0 Å². The minimum atomic E-state index is -0.430. The summed E-state index contributed by atoms with van der Waals surface area (Å²) in [6, 6.07) is 0. The minimum absolute atomic E-state index is 0.245. The van der Waals surface area contributed by atoms with E-state index in [0.717, 1.165) is 5.92 Å². The molecule has 1 aromatic heterocycles. The molecule has 1 N–H and O–H groups in total. The van der Waals surface area contributed by atoms with Crippen LogP contribution in [0.1, 0.15) is 37.2 Å². The maximum Gasteiger partial charge on any atom is 0.358 e. The van der Waals surface area contributed by atoms with Gasteiger partial charge in [-0.3, -0.25) is 4.98 Å². The largest absolute Gasteiger partial charge is 0.461 e. The fraction of sp³-hybridized carbons (Fsp3) is 0.615. The highest BCUT2D eigenvalue weighted by Gasteiger charge is 2.06. The molecule has 0 aromatic carbocycles. The van der Waals surface area contributed by atoms with Crippen LogP contribution in [0.4, 0.5) is 0 Å². The number of nitrogens with zero attached hydrogens (tertiary/aromatic N) is 2. The summed E-state index contributed by atoms with van der Waals surface area (Å²) in [6.45, 7) is 6.90. The number of nitrogens with one attached hydrogen (secondary N) is 1. The van der Waals surface area contributed by atoms with Gasteiger partial charge in [0.25, 0.3) is 0 Å². The van der Waals surface area contributed by atoms with E-state index in [1.54, 1.807) is 6.92 Å². The molecule has 2 rings (SSSR count). The van der Waals surface area contributed by atoms with Gasteiger partial charge in [-0.1, -0.05) is 6.92 Å². The molecule has 0 radical (unpaired) electrons. The standard InChI is InChI=1S/C7H8N2O2.C6H13N/c1-2-11-7(10)6-5-8-3-4-9-6;1-6-2-4-7-5-3-6/h3-5H,2H2,1H3;6-7H,2-5H2,1H3. The van der Waals surface area contributed by atoms with Crippen molar-refractivity contribution in [3.8, 4) is 0 Å². The van der Waals surface area contributed by atoms with Crippen LogP contribution >= 0.6 is 0 Å². The second-order valence-corrected chi connectivity index (χ2v) is 4.24. The molecule has 0 aliphatic carbocycles. The van der Waals surface area contributed by atoms with Gasteiger partial charge in [0.05, 0.1) is 12.8 Å². The van der Waals surface area contributed by atoms with Crippen molar-refractivity contribution in [1.82, 2.24) is 15.3 Å². The quantitative estimate of drug-likeness (QED) is 0.810. The van der Waals surface area contributed by atoms with E-state index in [0.29, 0.717) is 6.61 Å². The lowest BCUT2D eigenvalue weighted by molar-refractivity contribution is 0.0519. The van der Waals surface area contributed by atoms with Crippen molar-refractivity contribution in [2.45, 2.75) is 26.7 Å². The normalized spacial score (nSPS) is 15.4. The summed E-state index contributed by atoms with van der Waals surface area (Å²) in [4.78, 5) is 18.4. The second kappa shape index (κ2) is 8.58. The molecule has 0 amide bonds. The number of ether oxygens (including phenoxy) is 1. The average molecular weight is 251 g/mol. The summed E-state index contributed by atoms with van der Waals surface area (Å²) < 4.78 is 4.69. The van der Waals surface area contributed by atoms with Crippen molar-refractivity contribution in [2.24, 2.45) is 5.92 Å². The summed E-state index contributed by atoms with van der Waals surface area (Å²) in [5, 5.41) is 3.32. The fourth-order valence-electron chi connectivity index (χ4n) is 1.58. The monoisotopic (exact) mass is 251 g/mol. The van der Waals surface area contributed by atoms with Crippen LogP contribution < -0.4 is 5.32 Å². The molecule has 0 atom stereocenters. The molecular weight excluding hydrogens is 230 g/mol. The molecule has 1 fully saturated rings. The van der Waals surface area contributed by atoms with Gasteiger partial charge < -0.3 is 10.1 Å². The fourth-order valence-corrected chi connectivity index (χ4v) is 1.58. The number of carbonyl (C=O) groups is 1. The zero-order valence-electron chi connectivity index (χ0n) is 11.1. The lowest BCUT2D eigenvalue weighted by Gasteiger charge is -2.17. The molecule has 1 aliphatic heterocycles. The van der Waals surface area contributed by atoms with Crippen LogP contribution in [-0.2, 0) is 4.74 Å². The van der Waals surface area contributed by atoms with Crippen molar-refractivity contribution in [3.05, 3.63) is 24.3 Å². The highest BCUT2D eigenvalue weighted by Crippen LogP contribution is 2.08. The molecule has 1 aromatic rings. The average Bonchev–Trinajstić information content (AvgIpc) is 2.42. The third kappa shape index (κ3) is 5.72. The Hall–Kier alpha value is -1.49. The van der Waals surface area contributed by atoms with Crippen LogP contribution in [0.25, 0.3) is 0 Å². The maximum atomic E-state index is 10.9. The number of esters is 1. The lowest BCUT2D eigenvalue weighted by atomic mass is 10.0. The molecule has 100 valence electrons. The first-order valence-electron chi connectivity index (χ1n) is 6.38. The van der Waals surface area contributed by atoms with E-state index in [9.17, 15) is 4.79 Å². The van der Waals surface area contributed by atoms with Crippen LogP contribution in [0.2, 0.25) is 0 Å². The Kier molecular flexibility index (Phi) is 6.94. The first-order valence-corrected chi connectivity index (χ1v) is 6.38. The number of carbonyl (C=O) groups excluding carboxylic acids is 1. The molecule has 0 bridgehead atoms. The van der Waals surface area contributed by atoms with Crippen molar-refractivity contribution in [2.75, 3.05) is 19.7 Å². The number of rotatable bonds is 2. The summed E-state index contributed by atoms with van der Waals surface area (Å²) in [7, 11) is 0. The van der Waals surface area contributed by atoms with Crippen molar-refractivity contribution < 1.29 is 9.53 Å². The first-order chi connectivity index (χ1) is 8.74. The number of aromatic nitrogens is 2. The van der Waals surface area contributed by atoms with Gasteiger partial charge in [-0.05, 0) is 38.8 Å². The molecular formula is C13H21N3O2. The van der Waals surface area contributed by atoms with Gasteiger partial charge in [-0.25, -0.2) is 9.78 Å². The highest BCUT2D eigenvalue weighted by atomic mass is 16.5. The van der Waals surface area contributed by atoms with E-state index in [1.165, 1.54) is 44.5 Å². The topological polar surface area (TPSA) is 64.1 Å². The van der Waals surface area contributed by atoms with Gasteiger partial charge in [0, 0.05) is 12.4 Å². The Bertz CT molecular complexity index is 337. The smallest absolute Gasteiger partial charge is 0.358 e. The van der Waals surface area contributed by atoms with Gasteiger partial charge in [-0.2, -0.15) is 0 Å². The van der Waals surface area contributed by atoms with E-state index < -0.39 is 5.97 Å². The van der Waals surface area contributed by atoms with Crippen LogP contribution in [0, 0.1) is 5.92 Å². The third-order valence-corrected chi connectivity index (χ3v) is 2.68. The molecule has 5 heteroatoms. The lowest BCUT2D eigenvalue weighted by Crippen LogP contribution is -2.26. The Morgan fingerprint density at radius 2 is 2.17 bits per heavy atom. The van der Waals surface area contributed by atoms with E-state index in [1.807, 2.05) is 0 Å². The maximum absolute atomic E-state index is 10.9. The van der Waals surface area contributed by atoms with Crippen LogP contribution in [-0.4, -0.2) is 35.6 Å². The summed E-state index contributed by atoms with van der Waals surface area (Å²) in [5.74, 6) is 0.543. The molecule has 2 heterocycles. The minimum Gasteiger partial charge on any atom is -0.461 e. The Morgan fingerprint density at radius 3 is 2.61 bits per heavy atom. The van der Waals surface area contributed by atoms with Crippen LogP contribution in [0.3, 0.4) is 0 Å².